The summed E-state index contributed by atoms with van der Waals surface area (Å²) >= 11 is 0. The van der Waals surface area contributed by atoms with Crippen molar-refractivity contribution in [1.29, 1.82) is 0 Å². The van der Waals surface area contributed by atoms with Gasteiger partial charge in [-0.15, -0.1) is 0 Å². The maximum Gasteiger partial charge on any atom is 0.343 e. The number of aliphatic hydroxyl groups excluding tert-OH is 1. The molecule has 6 rings (SSSR count). The van der Waals surface area contributed by atoms with Gasteiger partial charge in [0, 0.05) is 35.7 Å². The van der Waals surface area contributed by atoms with Crippen molar-refractivity contribution in [3.05, 3.63) is 57.1 Å². The van der Waals surface area contributed by atoms with Gasteiger partial charge in [0.1, 0.15) is 12.4 Å². The molecule has 1 unspecified atom stereocenters. The Balaban J connectivity index is 1.61. The fraction of sp³-hybridized carbons (Fsp3) is 0.417. The van der Waals surface area contributed by atoms with Gasteiger partial charge in [0.15, 0.2) is 5.60 Å². The molecule has 1 aromatic heterocycles. The number of halogens is 1. The summed E-state index contributed by atoms with van der Waals surface area (Å²) in [5.41, 5.74) is 5.17. The molecule has 7 heteroatoms. The van der Waals surface area contributed by atoms with Crippen LogP contribution in [0.1, 0.15) is 53.8 Å². The summed E-state index contributed by atoms with van der Waals surface area (Å²) in [6, 6.07) is 1.45. The van der Waals surface area contributed by atoms with Gasteiger partial charge in [0.25, 0.3) is 0 Å². The Bertz CT molecular complexity index is 1260. The van der Waals surface area contributed by atoms with Crippen LogP contribution in [-0.4, -0.2) is 44.8 Å². The normalized spacial score (nSPS) is 26.5. The maximum atomic E-state index is 14.6. The van der Waals surface area contributed by atoms with Crippen LogP contribution >= 0.6 is 0 Å². The lowest BCUT2D eigenvalue weighted by Crippen LogP contribution is -2.47. The number of aryl methyl sites for hydroxylation is 1. The van der Waals surface area contributed by atoms with Gasteiger partial charge < -0.3 is 19.8 Å². The number of esters is 1. The topological polar surface area (TPSA) is 82.9 Å². The number of carbonyl (C=O) groups excluding carboxylic acids is 1. The summed E-state index contributed by atoms with van der Waals surface area (Å²) in [6.07, 6.45) is 2.60. The first-order chi connectivity index (χ1) is 14.8. The first-order valence-electron chi connectivity index (χ1n) is 10.7. The van der Waals surface area contributed by atoms with Crippen LogP contribution in [0.2, 0.25) is 0 Å². The maximum absolute atomic E-state index is 14.6. The number of aliphatic hydroxyl groups is 2. The quantitative estimate of drug-likeness (QED) is 0.688. The number of rotatable bonds is 1. The molecule has 0 spiro atoms. The number of fused-ring (bicyclic) bond motifs is 4. The molecule has 0 saturated carbocycles. The average molecular weight is 422 g/mol. The number of hydrogen-bond acceptors (Lipinski definition) is 6. The van der Waals surface area contributed by atoms with Crippen LogP contribution in [0, 0.1) is 12.7 Å². The molecular weight excluding hydrogens is 399 g/mol. The molecule has 0 saturated heterocycles. The molecule has 2 atom stereocenters. The Morgan fingerprint density at radius 1 is 1.35 bits per heavy atom. The number of benzene rings is 1. The first-order valence-corrected chi connectivity index (χ1v) is 10.7. The van der Waals surface area contributed by atoms with E-state index in [1.54, 1.807) is 13.8 Å². The third-order valence-electron chi connectivity index (χ3n) is 7.39. The minimum absolute atomic E-state index is 0.159. The van der Waals surface area contributed by atoms with Crippen molar-refractivity contribution in [2.45, 2.75) is 51.4 Å². The zero-order valence-corrected chi connectivity index (χ0v) is 17.5. The van der Waals surface area contributed by atoms with Gasteiger partial charge in [0.2, 0.25) is 0 Å². The molecule has 0 radical (unpaired) electrons. The standard InChI is InChI=1S/C24H23FN2O4/c1-3-24(30)15-6-18-22-14(9-27(18)8-12(15)10-31-23(24)29)21-19(28)5-4-13-11(2)16(25)7-17(26-22)20(13)21/h6-7,19,28,30H,3-5,8-10H2,1-2H3/t19?,24-/m0/s1. The molecule has 0 bridgehead atoms. The highest BCUT2D eigenvalue weighted by Crippen LogP contribution is 2.47. The minimum atomic E-state index is -1.67. The highest BCUT2D eigenvalue weighted by atomic mass is 19.1. The first kappa shape index (κ1) is 19.0. The Morgan fingerprint density at radius 3 is 2.94 bits per heavy atom. The second-order valence-corrected chi connectivity index (χ2v) is 8.96. The number of pyridine rings is 1. The van der Waals surface area contributed by atoms with Gasteiger partial charge in [-0.3, -0.25) is 0 Å². The molecule has 4 heterocycles. The van der Waals surface area contributed by atoms with Crippen molar-refractivity contribution in [1.82, 2.24) is 9.88 Å². The second-order valence-electron chi connectivity index (χ2n) is 8.96. The lowest BCUT2D eigenvalue weighted by Gasteiger charge is -2.37. The van der Waals surface area contributed by atoms with Crippen LogP contribution in [0.3, 0.4) is 0 Å². The zero-order chi connectivity index (χ0) is 21.7. The summed E-state index contributed by atoms with van der Waals surface area (Å²) in [7, 11) is 0. The summed E-state index contributed by atoms with van der Waals surface area (Å²) in [5.74, 6) is -0.915. The summed E-state index contributed by atoms with van der Waals surface area (Å²) in [4.78, 5) is 19.3. The number of carbonyl (C=O) groups is 1. The molecule has 160 valence electrons. The van der Waals surface area contributed by atoms with Gasteiger partial charge in [0.05, 0.1) is 23.0 Å². The molecule has 0 fully saturated rings. The Kier molecular flexibility index (Phi) is 3.76. The SMILES string of the molecule is CC[C@@]1(O)C(=O)OCC2=C1C=C1c3nc4cc(F)c(C)c5c4c(c3CN1C2)C(O)CC5. The fourth-order valence-electron chi connectivity index (χ4n) is 5.65. The molecule has 4 aliphatic rings. The third kappa shape index (κ3) is 2.33. The highest BCUT2D eigenvalue weighted by Gasteiger charge is 2.47. The van der Waals surface area contributed by atoms with E-state index in [0.717, 1.165) is 33.3 Å². The van der Waals surface area contributed by atoms with E-state index >= 15 is 0 Å². The Morgan fingerprint density at radius 2 is 2.16 bits per heavy atom. The van der Waals surface area contributed by atoms with E-state index in [0.29, 0.717) is 48.3 Å². The summed E-state index contributed by atoms with van der Waals surface area (Å²) in [6.45, 7) is 4.78. The van der Waals surface area contributed by atoms with Crippen molar-refractivity contribution in [3.63, 3.8) is 0 Å². The van der Waals surface area contributed by atoms with E-state index in [-0.39, 0.29) is 18.8 Å². The molecule has 2 N–H and O–H groups in total. The van der Waals surface area contributed by atoms with Crippen LogP contribution in [0.15, 0.2) is 23.3 Å². The van der Waals surface area contributed by atoms with E-state index in [2.05, 4.69) is 4.90 Å². The second kappa shape index (κ2) is 6.14. The Hall–Kier alpha value is -2.77. The van der Waals surface area contributed by atoms with Gasteiger partial charge in [-0.25, -0.2) is 14.2 Å². The van der Waals surface area contributed by atoms with E-state index in [1.807, 2.05) is 6.08 Å². The molecule has 3 aliphatic heterocycles. The lowest BCUT2D eigenvalue weighted by atomic mass is 9.82. The molecule has 1 aliphatic carbocycles. The van der Waals surface area contributed by atoms with E-state index in [1.165, 1.54) is 6.07 Å². The molecule has 31 heavy (non-hydrogen) atoms. The summed E-state index contributed by atoms with van der Waals surface area (Å²) in [5, 5.41) is 22.8. The number of ether oxygens (including phenoxy) is 1. The van der Waals surface area contributed by atoms with E-state index < -0.39 is 17.7 Å². The summed E-state index contributed by atoms with van der Waals surface area (Å²) < 4.78 is 19.9. The molecule has 1 aromatic carbocycles. The van der Waals surface area contributed by atoms with Crippen molar-refractivity contribution in [2.24, 2.45) is 0 Å². The van der Waals surface area contributed by atoms with E-state index in [9.17, 15) is 19.4 Å². The number of cyclic esters (lactones) is 1. The number of nitrogens with zero attached hydrogens (tertiary/aromatic N) is 2. The van der Waals surface area contributed by atoms with Crippen molar-refractivity contribution < 1.29 is 24.1 Å². The van der Waals surface area contributed by atoms with Gasteiger partial charge in [-0.1, -0.05) is 6.92 Å². The molecule has 0 amide bonds. The van der Waals surface area contributed by atoms with Crippen LogP contribution in [0.25, 0.3) is 16.6 Å². The average Bonchev–Trinajstić information content (AvgIpc) is 3.11. The van der Waals surface area contributed by atoms with Gasteiger partial charge in [-0.05, 0) is 54.5 Å². The zero-order valence-electron chi connectivity index (χ0n) is 17.5. The predicted octanol–water partition coefficient (Wildman–Crippen LogP) is 2.83. The number of aromatic nitrogens is 1. The van der Waals surface area contributed by atoms with Gasteiger partial charge >= 0.3 is 5.97 Å². The Labute approximate surface area is 178 Å². The van der Waals surface area contributed by atoms with Crippen molar-refractivity contribution in [2.75, 3.05) is 13.2 Å². The minimum Gasteiger partial charge on any atom is -0.459 e. The van der Waals surface area contributed by atoms with E-state index in [4.69, 9.17) is 9.72 Å². The highest BCUT2D eigenvalue weighted by molar-refractivity contribution is 5.93. The predicted molar refractivity (Wildman–Crippen MR) is 111 cm³/mol. The van der Waals surface area contributed by atoms with Crippen LogP contribution in [0.5, 0.6) is 0 Å². The molecular formula is C24H23FN2O4. The van der Waals surface area contributed by atoms with Crippen LogP contribution in [-0.2, 0) is 22.5 Å². The van der Waals surface area contributed by atoms with Crippen LogP contribution in [0.4, 0.5) is 4.39 Å². The van der Waals surface area contributed by atoms with Gasteiger partial charge in [-0.2, -0.15) is 0 Å². The monoisotopic (exact) mass is 422 g/mol. The lowest BCUT2D eigenvalue weighted by molar-refractivity contribution is -0.163. The third-order valence-corrected chi connectivity index (χ3v) is 7.39. The fourth-order valence-corrected chi connectivity index (χ4v) is 5.65. The number of hydrogen-bond donors (Lipinski definition) is 2. The molecule has 2 aromatic rings. The largest absolute Gasteiger partial charge is 0.459 e. The smallest absolute Gasteiger partial charge is 0.343 e. The van der Waals surface area contributed by atoms with Crippen molar-refractivity contribution in [3.8, 4) is 0 Å². The molecule has 6 nitrogen and oxygen atoms in total. The van der Waals surface area contributed by atoms with Crippen LogP contribution < -0.4 is 0 Å². The van der Waals surface area contributed by atoms with Crippen molar-refractivity contribution >= 4 is 22.6 Å².